The van der Waals surface area contributed by atoms with Crippen LogP contribution in [-0.2, 0) is 4.74 Å². The number of nitrogens with one attached hydrogen (secondary N) is 1. The number of aromatic nitrogens is 4. The van der Waals surface area contributed by atoms with E-state index in [1.807, 2.05) is 6.07 Å². The largest absolute Gasteiger partial charge is 0.377 e. The molecule has 3 aromatic heterocycles. The Morgan fingerprint density at radius 3 is 3.04 bits per heavy atom. The van der Waals surface area contributed by atoms with Crippen LogP contribution in [0.15, 0.2) is 30.6 Å². The van der Waals surface area contributed by atoms with Crippen molar-refractivity contribution in [3.63, 3.8) is 0 Å². The van der Waals surface area contributed by atoms with E-state index >= 15 is 0 Å². The highest BCUT2D eigenvalue weighted by molar-refractivity contribution is 6.08. The van der Waals surface area contributed by atoms with Gasteiger partial charge in [0.25, 0.3) is 0 Å². The minimum absolute atomic E-state index is 0.157. The van der Waals surface area contributed by atoms with Crippen molar-refractivity contribution in [1.29, 1.82) is 0 Å². The molecule has 1 saturated heterocycles. The van der Waals surface area contributed by atoms with Crippen LogP contribution < -0.4 is 10.6 Å². The fourth-order valence-corrected chi connectivity index (χ4v) is 3.14. The summed E-state index contributed by atoms with van der Waals surface area (Å²) in [5.74, 6) is 0.204. The third-order valence-corrected chi connectivity index (χ3v) is 4.38. The predicted octanol–water partition coefficient (Wildman–Crippen LogP) is 1.34. The summed E-state index contributed by atoms with van der Waals surface area (Å²) in [6.45, 7) is 4.00. The molecule has 4 rings (SSSR count). The summed E-state index contributed by atoms with van der Waals surface area (Å²) >= 11 is 0. The summed E-state index contributed by atoms with van der Waals surface area (Å²) in [5, 5.41) is 7.64. The van der Waals surface area contributed by atoms with Crippen LogP contribution in [-0.4, -0.2) is 51.9 Å². The van der Waals surface area contributed by atoms with Crippen LogP contribution in [0.4, 0.5) is 5.82 Å². The Hall–Kier alpha value is -3.00. The van der Waals surface area contributed by atoms with Crippen molar-refractivity contribution < 1.29 is 9.53 Å². The van der Waals surface area contributed by atoms with E-state index in [0.717, 1.165) is 0 Å². The fraction of sp³-hybridized carbons (Fsp3) is 0.294. The Bertz CT molecular complexity index is 924. The number of carbonyl (C=O) groups excluding carboxylic acids is 1. The van der Waals surface area contributed by atoms with Gasteiger partial charge in [-0.2, -0.15) is 5.10 Å². The van der Waals surface area contributed by atoms with Crippen LogP contribution in [0, 0.1) is 0 Å². The van der Waals surface area contributed by atoms with Gasteiger partial charge in [-0.05, 0) is 25.1 Å². The zero-order valence-corrected chi connectivity index (χ0v) is 13.8. The number of hydrogen-bond donors (Lipinski definition) is 2. The molecule has 1 atom stereocenters. The average molecular weight is 338 g/mol. The maximum Gasteiger partial charge on any atom is 0.249 e. The van der Waals surface area contributed by atoms with Gasteiger partial charge in [0.1, 0.15) is 22.7 Å². The lowest BCUT2D eigenvalue weighted by molar-refractivity contribution is 0.0984. The molecule has 0 spiro atoms. The number of morpholine rings is 1. The van der Waals surface area contributed by atoms with Gasteiger partial charge in [-0.25, -0.2) is 4.98 Å². The first kappa shape index (κ1) is 15.5. The number of ether oxygens (including phenoxy) is 1. The maximum absolute atomic E-state index is 12.0. The van der Waals surface area contributed by atoms with Gasteiger partial charge in [0.2, 0.25) is 5.91 Å². The van der Waals surface area contributed by atoms with Gasteiger partial charge in [-0.1, -0.05) is 0 Å². The monoisotopic (exact) mass is 338 g/mol. The minimum atomic E-state index is -0.492. The summed E-state index contributed by atoms with van der Waals surface area (Å²) in [4.78, 5) is 23.4. The summed E-state index contributed by atoms with van der Waals surface area (Å²) in [6.07, 6.45) is 3.36. The summed E-state index contributed by atoms with van der Waals surface area (Å²) < 4.78 is 5.49. The lowest BCUT2D eigenvalue weighted by Gasteiger charge is -2.34. The van der Waals surface area contributed by atoms with E-state index in [4.69, 9.17) is 15.5 Å². The first-order valence-electron chi connectivity index (χ1n) is 8.09. The Kier molecular flexibility index (Phi) is 3.81. The molecular weight excluding hydrogens is 320 g/mol. The van der Waals surface area contributed by atoms with Crippen molar-refractivity contribution in [3.05, 3.63) is 36.2 Å². The second-order valence-corrected chi connectivity index (χ2v) is 6.02. The molecule has 3 aromatic rings. The van der Waals surface area contributed by atoms with E-state index < -0.39 is 5.91 Å². The molecule has 4 heterocycles. The molecule has 128 valence electrons. The first-order chi connectivity index (χ1) is 12.1. The van der Waals surface area contributed by atoms with E-state index in [1.54, 1.807) is 24.5 Å². The Morgan fingerprint density at radius 1 is 1.44 bits per heavy atom. The number of primary amides is 1. The predicted molar refractivity (Wildman–Crippen MR) is 93.3 cm³/mol. The van der Waals surface area contributed by atoms with Gasteiger partial charge < -0.3 is 15.4 Å². The number of hydrogen-bond acceptors (Lipinski definition) is 6. The molecule has 1 aliphatic heterocycles. The van der Waals surface area contributed by atoms with Gasteiger partial charge in [0.15, 0.2) is 0 Å². The summed E-state index contributed by atoms with van der Waals surface area (Å²) in [5.41, 5.74) is 7.95. The number of amides is 1. The Morgan fingerprint density at radius 2 is 2.32 bits per heavy atom. The number of H-pyrrole nitrogens is 1. The van der Waals surface area contributed by atoms with E-state index in [2.05, 4.69) is 27.0 Å². The Balaban J connectivity index is 1.96. The molecule has 0 aliphatic carbocycles. The lowest BCUT2D eigenvalue weighted by Crippen LogP contribution is -2.44. The van der Waals surface area contributed by atoms with Gasteiger partial charge in [-0.3, -0.25) is 14.9 Å². The summed E-state index contributed by atoms with van der Waals surface area (Å²) in [6, 6.07) is 5.48. The topological polar surface area (TPSA) is 110 Å². The highest BCUT2D eigenvalue weighted by Gasteiger charge is 2.23. The van der Waals surface area contributed by atoms with Gasteiger partial charge in [-0.15, -0.1) is 0 Å². The normalized spacial score (nSPS) is 17.8. The molecule has 25 heavy (non-hydrogen) atoms. The number of nitrogens with two attached hydrogens (primary N) is 1. The number of aromatic amines is 1. The van der Waals surface area contributed by atoms with Gasteiger partial charge >= 0.3 is 0 Å². The minimum Gasteiger partial charge on any atom is -0.377 e. The molecule has 1 fully saturated rings. The second-order valence-electron chi connectivity index (χ2n) is 6.02. The first-order valence-corrected chi connectivity index (χ1v) is 8.09. The molecule has 0 radical (unpaired) electrons. The third-order valence-electron chi connectivity index (χ3n) is 4.38. The lowest BCUT2D eigenvalue weighted by atomic mass is 10.1. The molecule has 8 heteroatoms. The van der Waals surface area contributed by atoms with E-state index in [1.165, 1.54) is 0 Å². The highest BCUT2D eigenvalue weighted by Crippen LogP contribution is 2.30. The smallest absolute Gasteiger partial charge is 0.249 e. The fourth-order valence-electron chi connectivity index (χ4n) is 3.14. The average Bonchev–Trinajstić information content (AvgIpc) is 3.15. The van der Waals surface area contributed by atoms with E-state index in [9.17, 15) is 4.79 Å². The zero-order valence-electron chi connectivity index (χ0n) is 13.8. The number of carbonyl (C=O) groups is 1. The van der Waals surface area contributed by atoms with Gasteiger partial charge in [0, 0.05) is 24.3 Å². The molecule has 0 aromatic carbocycles. The number of fused-ring (bicyclic) bond motifs is 1. The van der Waals surface area contributed by atoms with Crippen molar-refractivity contribution in [2.24, 2.45) is 5.73 Å². The molecule has 0 saturated carbocycles. The highest BCUT2D eigenvalue weighted by atomic mass is 16.5. The standard InChI is InChI=1S/C17H18N6O2/c1-10-9-25-7-6-23(10)14-8-12(17(18)24)11-2-4-19-16(15(11)21-14)13-3-5-20-22-13/h2-5,8,10H,6-7,9H2,1H3,(H2,18,24)(H,20,22). The molecule has 1 aliphatic rings. The number of nitrogens with zero attached hydrogens (tertiary/aromatic N) is 4. The Labute approximate surface area is 144 Å². The van der Waals surface area contributed by atoms with Crippen molar-refractivity contribution in [2.75, 3.05) is 24.7 Å². The maximum atomic E-state index is 12.0. The number of rotatable bonds is 3. The van der Waals surface area contributed by atoms with E-state index in [0.29, 0.717) is 53.4 Å². The van der Waals surface area contributed by atoms with Crippen LogP contribution in [0.25, 0.3) is 22.3 Å². The van der Waals surface area contributed by atoms with Gasteiger partial charge in [0.05, 0.1) is 24.8 Å². The van der Waals surface area contributed by atoms with Crippen LogP contribution in [0.1, 0.15) is 17.3 Å². The SMILES string of the molecule is CC1COCCN1c1cc(C(N)=O)c2ccnc(-c3cc[nH]n3)c2n1. The molecule has 1 amide bonds. The van der Waals surface area contributed by atoms with Crippen molar-refractivity contribution in [3.8, 4) is 11.4 Å². The van der Waals surface area contributed by atoms with Crippen LogP contribution in [0.2, 0.25) is 0 Å². The zero-order chi connectivity index (χ0) is 17.4. The molecule has 0 bridgehead atoms. The van der Waals surface area contributed by atoms with E-state index in [-0.39, 0.29) is 6.04 Å². The van der Waals surface area contributed by atoms with Crippen LogP contribution >= 0.6 is 0 Å². The second kappa shape index (κ2) is 6.14. The van der Waals surface area contributed by atoms with Crippen molar-refractivity contribution in [1.82, 2.24) is 20.2 Å². The third kappa shape index (κ3) is 2.70. The molecule has 8 nitrogen and oxygen atoms in total. The quantitative estimate of drug-likeness (QED) is 0.746. The van der Waals surface area contributed by atoms with Crippen LogP contribution in [0.5, 0.6) is 0 Å². The van der Waals surface area contributed by atoms with Crippen LogP contribution in [0.3, 0.4) is 0 Å². The molecule has 3 N–H and O–H groups in total. The summed E-state index contributed by atoms with van der Waals surface area (Å²) in [7, 11) is 0. The number of pyridine rings is 2. The molecular formula is C17H18N6O2. The molecule has 1 unspecified atom stereocenters. The van der Waals surface area contributed by atoms with Crippen molar-refractivity contribution in [2.45, 2.75) is 13.0 Å². The number of anilines is 1. The van der Waals surface area contributed by atoms with Crippen molar-refractivity contribution >= 4 is 22.6 Å².